The Kier molecular flexibility index (Phi) is 6.90. The molecule has 1 aromatic carbocycles. The molecule has 2 rings (SSSR count). The van der Waals surface area contributed by atoms with Crippen LogP contribution in [0.5, 0.6) is 0 Å². The Bertz CT molecular complexity index is 880. The highest BCUT2D eigenvalue weighted by Crippen LogP contribution is 2.31. The standard InChI is InChI=1S/C17H16Cl2INO4/c1-4-21-12(8-24-2)14(20)16(22)13(17(23)25-3)15(21)9-5-6-10(18)11(19)7-9/h5-7H,4,8H2,1-3H3. The van der Waals surface area contributed by atoms with Gasteiger partial charge in [-0.2, -0.15) is 0 Å². The number of rotatable bonds is 5. The van der Waals surface area contributed by atoms with Crippen LogP contribution in [-0.2, 0) is 22.6 Å². The average molecular weight is 496 g/mol. The van der Waals surface area contributed by atoms with Crippen molar-refractivity contribution in [3.63, 3.8) is 0 Å². The number of nitrogens with zero attached hydrogens (tertiary/aromatic N) is 1. The van der Waals surface area contributed by atoms with Crippen molar-refractivity contribution in [3.8, 4) is 11.3 Å². The van der Waals surface area contributed by atoms with Crippen LogP contribution < -0.4 is 5.43 Å². The van der Waals surface area contributed by atoms with Crippen LogP contribution >= 0.6 is 45.8 Å². The van der Waals surface area contributed by atoms with Crippen molar-refractivity contribution in [2.45, 2.75) is 20.1 Å². The summed E-state index contributed by atoms with van der Waals surface area (Å²) in [5, 5.41) is 0.718. The fourth-order valence-corrected chi connectivity index (χ4v) is 3.61. The van der Waals surface area contributed by atoms with E-state index in [-0.39, 0.29) is 12.2 Å². The third-order valence-corrected chi connectivity index (χ3v) is 5.54. The number of esters is 1. The molecule has 0 saturated heterocycles. The van der Waals surface area contributed by atoms with E-state index in [1.807, 2.05) is 34.1 Å². The summed E-state index contributed by atoms with van der Waals surface area (Å²) in [6, 6.07) is 4.96. The molecule has 0 aliphatic carbocycles. The lowest BCUT2D eigenvalue weighted by Gasteiger charge is -2.21. The van der Waals surface area contributed by atoms with Gasteiger partial charge in [0, 0.05) is 19.2 Å². The molecule has 0 bridgehead atoms. The molecular formula is C17H16Cl2INO4. The summed E-state index contributed by atoms with van der Waals surface area (Å²) in [5.74, 6) is -0.699. The van der Waals surface area contributed by atoms with Crippen molar-refractivity contribution >= 4 is 51.8 Å². The molecule has 0 fully saturated rings. The maximum absolute atomic E-state index is 12.8. The van der Waals surface area contributed by atoms with Crippen molar-refractivity contribution in [2.24, 2.45) is 0 Å². The van der Waals surface area contributed by atoms with Crippen LogP contribution in [0, 0.1) is 3.57 Å². The summed E-state index contributed by atoms with van der Waals surface area (Å²) in [7, 11) is 2.79. The molecule has 0 aliphatic heterocycles. The van der Waals surface area contributed by atoms with Gasteiger partial charge in [-0.05, 0) is 41.6 Å². The second kappa shape index (κ2) is 8.53. The molecule has 8 heteroatoms. The Morgan fingerprint density at radius 3 is 2.44 bits per heavy atom. The number of aromatic nitrogens is 1. The Labute approximate surface area is 169 Å². The van der Waals surface area contributed by atoms with Gasteiger partial charge in [0.1, 0.15) is 5.56 Å². The summed E-state index contributed by atoms with van der Waals surface area (Å²) >= 11 is 14.1. The van der Waals surface area contributed by atoms with Gasteiger partial charge in [0.15, 0.2) is 0 Å². The molecule has 0 amide bonds. The van der Waals surface area contributed by atoms with E-state index in [4.69, 9.17) is 32.7 Å². The van der Waals surface area contributed by atoms with Crippen molar-refractivity contribution in [1.29, 1.82) is 0 Å². The fourth-order valence-electron chi connectivity index (χ4n) is 2.60. The van der Waals surface area contributed by atoms with Gasteiger partial charge in [0.2, 0.25) is 5.43 Å². The van der Waals surface area contributed by atoms with Crippen LogP contribution in [0.4, 0.5) is 0 Å². The highest BCUT2D eigenvalue weighted by molar-refractivity contribution is 14.1. The van der Waals surface area contributed by atoms with E-state index in [0.29, 0.717) is 37.1 Å². The number of methoxy groups -OCH3 is 2. The third-order valence-electron chi connectivity index (χ3n) is 3.69. The smallest absolute Gasteiger partial charge is 0.344 e. The molecule has 0 spiro atoms. The first-order valence-corrected chi connectivity index (χ1v) is 9.18. The summed E-state index contributed by atoms with van der Waals surface area (Å²) in [6.45, 7) is 2.67. The van der Waals surface area contributed by atoms with E-state index in [9.17, 15) is 9.59 Å². The van der Waals surface area contributed by atoms with Gasteiger partial charge in [0.25, 0.3) is 0 Å². The molecule has 0 radical (unpaired) electrons. The Hall–Kier alpha value is -1.09. The lowest BCUT2D eigenvalue weighted by atomic mass is 10.0. The summed E-state index contributed by atoms with van der Waals surface area (Å²) < 4.78 is 12.4. The van der Waals surface area contributed by atoms with Gasteiger partial charge >= 0.3 is 5.97 Å². The number of halogens is 3. The summed E-state index contributed by atoms with van der Waals surface area (Å²) in [5.41, 5.74) is 1.29. The first kappa shape index (κ1) is 20.2. The van der Waals surface area contributed by atoms with Crippen molar-refractivity contribution in [1.82, 2.24) is 4.57 Å². The number of ether oxygens (including phenoxy) is 2. The van der Waals surface area contributed by atoms with Gasteiger partial charge in [-0.25, -0.2) is 4.79 Å². The predicted molar refractivity (Wildman–Crippen MR) is 107 cm³/mol. The number of hydrogen-bond acceptors (Lipinski definition) is 4. The maximum atomic E-state index is 12.8. The van der Waals surface area contributed by atoms with E-state index in [1.54, 1.807) is 25.3 Å². The van der Waals surface area contributed by atoms with Crippen LogP contribution in [0.25, 0.3) is 11.3 Å². The molecule has 0 saturated carbocycles. The summed E-state index contributed by atoms with van der Waals surface area (Å²) in [4.78, 5) is 25.2. The zero-order chi connectivity index (χ0) is 18.7. The van der Waals surface area contributed by atoms with Crippen molar-refractivity contribution in [3.05, 3.63) is 53.3 Å². The molecule has 0 N–H and O–H groups in total. The Morgan fingerprint density at radius 2 is 1.92 bits per heavy atom. The molecule has 1 aromatic heterocycles. The van der Waals surface area contributed by atoms with Crippen LogP contribution in [0.2, 0.25) is 10.0 Å². The molecule has 0 aliphatic rings. The highest BCUT2D eigenvalue weighted by atomic mass is 127. The van der Waals surface area contributed by atoms with E-state index >= 15 is 0 Å². The van der Waals surface area contributed by atoms with E-state index in [0.717, 1.165) is 0 Å². The quantitative estimate of drug-likeness (QED) is 0.456. The largest absolute Gasteiger partial charge is 0.465 e. The van der Waals surface area contributed by atoms with Crippen LogP contribution in [0.15, 0.2) is 23.0 Å². The third kappa shape index (κ3) is 3.86. The minimum absolute atomic E-state index is 0.0352. The number of pyridine rings is 1. The van der Waals surface area contributed by atoms with E-state index < -0.39 is 11.4 Å². The number of carbonyl (C=O) groups excluding carboxylic acids is 1. The second-order valence-electron chi connectivity index (χ2n) is 5.11. The van der Waals surface area contributed by atoms with E-state index in [1.165, 1.54) is 7.11 Å². The van der Waals surface area contributed by atoms with Gasteiger partial charge in [0.05, 0.1) is 38.7 Å². The molecule has 0 atom stereocenters. The van der Waals surface area contributed by atoms with Gasteiger partial charge < -0.3 is 14.0 Å². The number of carbonyl (C=O) groups is 1. The summed E-state index contributed by atoms with van der Waals surface area (Å²) in [6.07, 6.45) is 0. The minimum atomic E-state index is -0.699. The lowest BCUT2D eigenvalue weighted by molar-refractivity contribution is 0.0599. The van der Waals surface area contributed by atoms with Gasteiger partial charge in [-0.15, -0.1) is 0 Å². The average Bonchev–Trinajstić information content (AvgIpc) is 2.60. The second-order valence-corrected chi connectivity index (χ2v) is 7.00. The molecule has 134 valence electrons. The van der Waals surface area contributed by atoms with Gasteiger partial charge in [-0.3, -0.25) is 4.79 Å². The molecule has 2 aromatic rings. The van der Waals surface area contributed by atoms with Crippen LogP contribution in [0.3, 0.4) is 0 Å². The molecule has 1 heterocycles. The Balaban J connectivity index is 2.97. The lowest BCUT2D eigenvalue weighted by Crippen LogP contribution is -2.28. The van der Waals surface area contributed by atoms with Crippen molar-refractivity contribution < 1.29 is 14.3 Å². The van der Waals surface area contributed by atoms with Crippen LogP contribution in [-0.4, -0.2) is 24.8 Å². The predicted octanol–water partition coefficient (Wildman–Crippen LogP) is 4.38. The monoisotopic (exact) mass is 495 g/mol. The number of hydrogen-bond donors (Lipinski definition) is 0. The zero-order valence-corrected chi connectivity index (χ0v) is 17.5. The van der Waals surface area contributed by atoms with Crippen LogP contribution in [0.1, 0.15) is 23.0 Å². The Morgan fingerprint density at radius 1 is 1.24 bits per heavy atom. The molecule has 5 nitrogen and oxygen atoms in total. The minimum Gasteiger partial charge on any atom is -0.465 e. The van der Waals surface area contributed by atoms with Gasteiger partial charge in [-0.1, -0.05) is 29.3 Å². The fraction of sp³-hybridized carbons (Fsp3) is 0.294. The molecule has 25 heavy (non-hydrogen) atoms. The molecule has 0 unspecified atom stereocenters. The SMILES string of the molecule is CCn1c(COC)c(I)c(=O)c(C(=O)OC)c1-c1ccc(Cl)c(Cl)c1. The maximum Gasteiger partial charge on any atom is 0.344 e. The highest BCUT2D eigenvalue weighted by Gasteiger charge is 2.26. The number of benzene rings is 1. The van der Waals surface area contributed by atoms with Crippen molar-refractivity contribution in [2.75, 3.05) is 14.2 Å². The first-order valence-electron chi connectivity index (χ1n) is 7.35. The normalized spacial score (nSPS) is 10.8. The molecular weight excluding hydrogens is 480 g/mol. The topological polar surface area (TPSA) is 57.5 Å². The van der Waals surface area contributed by atoms with E-state index in [2.05, 4.69) is 0 Å². The zero-order valence-electron chi connectivity index (χ0n) is 13.9. The first-order chi connectivity index (χ1) is 11.9.